The number of aryl methyl sites for hydroxylation is 1. The SMILES string of the molecule is CCc1ccc2ccccc2[n+]1Cc1ccccc1.Fc1c(F)c(F)c([B-](c2c(F)c(F)c(F)c(F)c2F)(c2c(F)c(F)c(F)c(F)c2F)c2c(F)c(F)c(F)c(F)c2F)c(F)c1F. The lowest BCUT2D eigenvalue weighted by molar-refractivity contribution is -0.669. The predicted molar refractivity (Wildman–Crippen MR) is 188 cm³/mol. The van der Waals surface area contributed by atoms with E-state index in [2.05, 4.69) is 78.2 Å². The van der Waals surface area contributed by atoms with Crippen molar-refractivity contribution >= 4 is 38.9 Å². The van der Waals surface area contributed by atoms with Gasteiger partial charge in [-0.05, 0) is 12.1 Å². The fourth-order valence-electron chi connectivity index (χ4n) is 7.44. The molecule has 0 unspecified atom stereocenters. The monoisotopic (exact) mass is 927 g/mol. The van der Waals surface area contributed by atoms with Crippen molar-refractivity contribution in [3.05, 3.63) is 194 Å². The molecule has 7 aromatic rings. The summed E-state index contributed by atoms with van der Waals surface area (Å²) in [6.07, 6.45) is -6.16. The van der Waals surface area contributed by atoms with E-state index in [0.29, 0.717) is 0 Å². The highest BCUT2D eigenvalue weighted by atomic mass is 19.2. The molecule has 7 rings (SSSR count). The Kier molecular flexibility index (Phi) is 12.8. The van der Waals surface area contributed by atoms with Crippen molar-refractivity contribution in [2.75, 3.05) is 0 Å². The van der Waals surface area contributed by atoms with Gasteiger partial charge in [0, 0.05) is 29.5 Å². The summed E-state index contributed by atoms with van der Waals surface area (Å²) in [6.45, 7) is 3.15. The summed E-state index contributed by atoms with van der Waals surface area (Å²) in [6, 6.07) is 23.7. The number of hydrogen-bond donors (Lipinski definition) is 0. The van der Waals surface area contributed by atoms with Crippen LogP contribution < -0.4 is 26.4 Å². The zero-order valence-corrected chi connectivity index (χ0v) is 31.3. The van der Waals surface area contributed by atoms with E-state index < -0.39 is 144 Å². The van der Waals surface area contributed by atoms with Crippen LogP contribution in [0.1, 0.15) is 18.2 Å². The van der Waals surface area contributed by atoms with E-state index in [0.717, 1.165) is 13.0 Å². The summed E-state index contributed by atoms with van der Waals surface area (Å²) in [4.78, 5) is 0. The van der Waals surface area contributed by atoms with Crippen molar-refractivity contribution in [3.8, 4) is 0 Å². The van der Waals surface area contributed by atoms with E-state index in [1.807, 2.05) is 0 Å². The summed E-state index contributed by atoms with van der Waals surface area (Å²) < 4.78 is 296. The Bertz CT molecular complexity index is 2630. The minimum absolute atomic E-state index is 0.936. The number of hydrogen-bond acceptors (Lipinski definition) is 0. The smallest absolute Gasteiger partial charge is 0.207 e. The molecule has 64 heavy (non-hydrogen) atoms. The average molecular weight is 927 g/mol. The molecule has 0 saturated heterocycles. The molecule has 0 fully saturated rings. The standard InChI is InChI=1S/C24BF20.C18H18N/c26-5-1(6(27)14(35)21(42)13(5)34)25(2-7(28)15(36)22(43)16(37)8(2)29,3-9(30)17(38)23(44)18(39)10(3)31)4-11(32)19(40)24(45)20(41)12(4)33;1-2-17-13-12-16-10-6-7-11-18(16)19(17)14-15-8-4-3-5-9-15/h;3-13H,2,14H2,1H3/q-1;+1. The van der Waals surface area contributed by atoms with Gasteiger partial charge in [-0.1, -0.05) is 49.4 Å². The second kappa shape index (κ2) is 17.5. The van der Waals surface area contributed by atoms with Crippen molar-refractivity contribution in [2.24, 2.45) is 0 Å². The quantitative estimate of drug-likeness (QED) is 0.0494. The molecule has 334 valence electrons. The maximum atomic E-state index is 15.4. The third kappa shape index (κ3) is 7.15. The molecular formula is C42H18BF20N. The molecule has 1 nitrogen and oxygen atoms in total. The number of aromatic nitrogens is 1. The van der Waals surface area contributed by atoms with Crippen LogP contribution in [0.15, 0.2) is 66.7 Å². The van der Waals surface area contributed by atoms with Crippen LogP contribution in [-0.4, -0.2) is 6.15 Å². The maximum Gasteiger partial charge on any atom is 0.212 e. The lowest BCUT2D eigenvalue weighted by atomic mass is 9.12. The Hall–Kier alpha value is -6.61. The Balaban J connectivity index is 0.000000295. The minimum Gasteiger partial charge on any atom is -0.207 e. The molecule has 1 heterocycles. The first-order chi connectivity index (χ1) is 30.1. The summed E-state index contributed by atoms with van der Waals surface area (Å²) in [5.41, 5.74) is -10.3. The van der Waals surface area contributed by atoms with Gasteiger partial charge in [-0.25, -0.2) is 87.8 Å². The Labute approximate surface area is 345 Å². The molecule has 0 aliphatic carbocycles. The Morgan fingerprint density at radius 2 is 0.609 bits per heavy atom. The van der Waals surface area contributed by atoms with Gasteiger partial charge in [-0.2, -0.15) is 4.57 Å². The highest BCUT2D eigenvalue weighted by Crippen LogP contribution is 2.31. The predicted octanol–water partition coefficient (Wildman–Crippen LogP) is 9.58. The van der Waals surface area contributed by atoms with Crippen LogP contribution in [0, 0.1) is 116 Å². The molecule has 0 aliphatic rings. The highest BCUT2D eigenvalue weighted by molar-refractivity contribution is 7.20. The molecule has 0 aliphatic heterocycles. The first-order valence-electron chi connectivity index (χ1n) is 17.8. The second-order valence-corrected chi connectivity index (χ2v) is 13.6. The first kappa shape index (κ1) is 46.9. The Morgan fingerprint density at radius 3 is 0.922 bits per heavy atom. The zero-order chi connectivity index (χ0) is 47.4. The number of para-hydroxylation sites is 1. The number of benzene rings is 6. The summed E-state index contributed by atoms with van der Waals surface area (Å²) >= 11 is 0. The summed E-state index contributed by atoms with van der Waals surface area (Å²) in [5, 5.41) is 1.30. The topological polar surface area (TPSA) is 3.88 Å². The molecule has 0 N–H and O–H groups in total. The number of rotatable bonds is 7. The van der Waals surface area contributed by atoms with Crippen LogP contribution in [0.5, 0.6) is 0 Å². The van der Waals surface area contributed by atoms with Crippen LogP contribution >= 0.6 is 0 Å². The van der Waals surface area contributed by atoms with Crippen LogP contribution in [0.3, 0.4) is 0 Å². The number of fused-ring (bicyclic) bond motifs is 1. The largest absolute Gasteiger partial charge is 0.212 e. The van der Waals surface area contributed by atoms with Crippen LogP contribution in [0.4, 0.5) is 87.8 Å². The normalized spacial score (nSPS) is 11.6. The fraction of sp³-hybridized carbons (Fsp3) is 0.0714. The van der Waals surface area contributed by atoms with Gasteiger partial charge in [-0.3, -0.25) is 0 Å². The van der Waals surface area contributed by atoms with Crippen molar-refractivity contribution < 1.29 is 92.4 Å². The van der Waals surface area contributed by atoms with Gasteiger partial charge in [-0.15, -0.1) is 21.9 Å². The minimum atomic E-state index is -7.22. The lowest BCUT2D eigenvalue weighted by Crippen LogP contribution is -2.81. The number of halogens is 20. The number of pyridine rings is 1. The third-order valence-corrected chi connectivity index (χ3v) is 10.3. The molecule has 22 heteroatoms. The molecule has 1 aromatic heterocycles. The van der Waals surface area contributed by atoms with Crippen molar-refractivity contribution in [1.82, 2.24) is 0 Å². The van der Waals surface area contributed by atoms with Crippen LogP contribution in [0.25, 0.3) is 10.9 Å². The summed E-state index contributed by atoms with van der Waals surface area (Å²) in [7, 11) is 0. The van der Waals surface area contributed by atoms with Crippen molar-refractivity contribution in [1.29, 1.82) is 0 Å². The molecule has 0 saturated carbocycles. The van der Waals surface area contributed by atoms with Gasteiger partial charge in [0.1, 0.15) is 52.7 Å². The van der Waals surface area contributed by atoms with Gasteiger partial charge >= 0.3 is 0 Å². The van der Waals surface area contributed by atoms with Gasteiger partial charge in [0.15, 0.2) is 82.0 Å². The molecule has 0 spiro atoms. The van der Waals surface area contributed by atoms with Gasteiger partial charge in [0.2, 0.25) is 5.52 Å². The molecule has 0 atom stereocenters. The summed E-state index contributed by atoms with van der Waals surface area (Å²) in [5.74, 6) is -71.4. The average Bonchev–Trinajstić information content (AvgIpc) is 3.29. The third-order valence-electron chi connectivity index (χ3n) is 10.3. The van der Waals surface area contributed by atoms with Crippen molar-refractivity contribution in [2.45, 2.75) is 19.9 Å². The van der Waals surface area contributed by atoms with Gasteiger partial charge < -0.3 is 0 Å². The second-order valence-electron chi connectivity index (χ2n) is 13.6. The fourth-order valence-corrected chi connectivity index (χ4v) is 7.44. The number of nitrogens with zero attached hydrogens (tertiary/aromatic N) is 1. The first-order valence-corrected chi connectivity index (χ1v) is 17.8. The molecular weight excluding hydrogens is 909 g/mol. The van der Waals surface area contributed by atoms with Crippen molar-refractivity contribution in [3.63, 3.8) is 0 Å². The van der Waals surface area contributed by atoms with E-state index in [-0.39, 0.29) is 0 Å². The van der Waals surface area contributed by atoms with E-state index >= 15 is 35.1 Å². The van der Waals surface area contributed by atoms with Gasteiger partial charge in [0.25, 0.3) is 0 Å². The van der Waals surface area contributed by atoms with Crippen LogP contribution in [-0.2, 0) is 13.0 Å². The molecule has 6 aromatic carbocycles. The van der Waals surface area contributed by atoms with E-state index in [1.165, 1.54) is 22.2 Å². The van der Waals surface area contributed by atoms with E-state index in [1.54, 1.807) is 0 Å². The zero-order valence-electron chi connectivity index (χ0n) is 31.3. The molecule has 0 amide bonds. The van der Waals surface area contributed by atoms with E-state index in [4.69, 9.17) is 0 Å². The maximum absolute atomic E-state index is 15.4. The van der Waals surface area contributed by atoms with Crippen LogP contribution in [0.2, 0.25) is 0 Å². The molecule has 0 radical (unpaired) electrons. The Morgan fingerprint density at radius 1 is 0.328 bits per heavy atom. The lowest BCUT2D eigenvalue weighted by Gasteiger charge is -2.44. The van der Waals surface area contributed by atoms with Gasteiger partial charge in [0.05, 0.1) is 0 Å². The highest BCUT2D eigenvalue weighted by Gasteiger charge is 2.52. The van der Waals surface area contributed by atoms with E-state index in [9.17, 15) is 52.7 Å². The molecule has 0 bridgehead atoms.